The molecule has 0 atom stereocenters. The number of anilines is 6. The fourth-order valence-electron chi connectivity index (χ4n) is 9.74. The topological polar surface area (TPSA) is 32.3 Å². The van der Waals surface area contributed by atoms with E-state index in [2.05, 4.69) is 189 Å². The van der Waals surface area contributed by atoms with Gasteiger partial charge in [-0.05, 0) is 114 Å². The highest BCUT2D eigenvalue weighted by atomic mass is 15.2. The van der Waals surface area contributed by atoms with Gasteiger partial charge in [0.2, 0.25) is 0 Å². The number of pyridine rings is 2. The van der Waals surface area contributed by atoms with E-state index in [1.165, 1.54) is 83.5 Å². The molecule has 0 saturated carbocycles. The van der Waals surface area contributed by atoms with Crippen LogP contribution in [0.25, 0.3) is 44.1 Å². The van der Waals surface area contributed by atoms with Crippen molar-refractivity contribution in [3.63, 3.8) is 0 Å². The van der Waals surface area contributed by atoms with Crippen LogP contribution in [0.15, 0.2) is 164 Å². The third kappa shape index (κ3) is 5.02. The van der Waals surface area contributed by atoms with Crippen LogP contribution in [0.4, 0.5) is 34.1 Å². The van der Waals surface area contributed by atoms with Crippen LogP contribution in [0.2, 0.25) is 0 Å². The summed E-state index contributed by atoms with van der Waals surface area (Å²) < 4.78 is 0. The average Bonchev–Trinajstić information content (AvgIpc) is 3.24. The molecule has 2 aliphatic rings. The Labute approximate surface area is 333 Å². The van der Waals surface area contributed by atoms with Gasteiger partial charge in [0.25, 0.3) is 6.71 Å². The van der Waals surface area contributed by atoms with E-state index in [1.807, 2.05) is 12.4 Å². The van der Waals surface area contributed by atoms with E-state index in [9.17, 15) is 0 Å². The third-order valence-corrected chi connectivity index (χ3v) is 12.2. The van der Waals surface area contributed by atoms with Crippen molar-refractivity contribution in [2.75, 3.05) is 9.80 Å². The van der Waals surface area contributed by atoms with Gasteiger partial charge in [-0.3, -0.25) is 9.97 Å². The second kappa shape index (κ2) is 12.8. The molecule has 0 spiro atoms. The molecule has 7 aromatic carbocycles. The standard InChI is InChI=1S/C52H39BN4/c1-32-12-9-13-33(2)51(32)56-44-24-22-38(49-40-18-7-5-16-36(40)26-28-54-49)30-42(44)53-43-31-39(50-41-19-8-6-17-37(41)27-29-55-50)23-25-45(43)57(47-21-11-20-46(56)48(47)53)52-34(3)14-10-15-35(52)4/h5-31H,1-4H3. The molecule has 11 rings (SSSR count). The fraction of sp³-hybridized carbons (Fsp3) is 0.0769. The Morgan fingerprint density at radius 2 is 0.825 bits per heavy atom. The zero-order valence-corrected chi connectivity index (χ0v) is 32.5. The predicted molar refractivity (Wildman–Crippen MR) is 241 cm³/mol. The van der Waals surface area contributed by atoms with E-state index in [0.717, 1.165) is 33.3 Å². The van der Waals surface area contributed by atoms with Gasteiger partial charge in [-0.2, -0.15) is 0 Å². The van der Waals surface area contributed by atoms with Gasteiger partial charge < -0.3 is 9.80 Å². The molecule has 0 N–H and O–H groups in total. The van der Waals surface area contributed by atoms with Crippen LogP contribution in [-0.4, -0.2) is 16.7 Å². The number of fused-ring (bicyclic) bond motifs is 6. The van der Waals surface area contributed by atoms with Crippen LogP contribution in [-0.2, 0) is 0 Å². The minimum atomic E-state index is -0.0628. The van der Waals surface area contributed by atoms with Crippen molar-refractivity contribution in [2.45, 2.75) is 27.7 Å². The zero-order chi connectivity index (χ0) is 38.4. The zero-order valence-electron chi connectivity index (χ0n) is 32.5. The number of para-hydroxylation sites is 2. The Balaban J connectivity index is 1.26. The maximum atomic E-state index is 5.03. The van der Waals surface area contributed by atoms with Gasteiger partial charge in [0, 0.05) is 57.0 Å². The van der Waals surface area contributed by atoms with Crippen LogP contribution >= 0.6 is 0 Å². The minimum Gasteiger partial charge on any atom is -0.311 e. The molecule has 4 heterocycles. The number of aryl methyl sites for hydroxylation is 4. The van der Waals surface area contributed by atoms with Crippen molar-refractivity contribution < 1.29 is 0 Å². The van der Waals surface area contributed by atoms with E-state index in [1.54, 1.807) is 0 Å². The molecular weight excluding hydrogens is 691 g/mol. The quantitative estimate of drug-likeness (QED) is 0.169. The van der Waals surface area contributed by atoms with E-state index >= 15 is 0 Å². The lowest BCUT2D eigenvalue weighted by Gasteiger charge is -2.45. The number of hydrogen-bond donors (Lipinski definition) is 0. The Morgan fingerprint density at radius 3 is 1.28 bits per heavy atom. The van der Waals surface area contributed by atoms with Gasteiger partial charge in [0.05, 0.1) is 22.8 Å². The third-order valence-electron chi connectivity index (χ3n) is 12.2. The average molecular weight is 731 g/mol. The summed E-state index contributed by atoms with van der Waals surface area (Å²) in [5.41, 5.74) is 20.2. The molecule has 270 valence electrons. The van der Waals surface area contributed by atoms with Crippen molar-refractivity contribution in [1.82, 2.24) is 9.97 Å². The van der Waals surface area contributed by atoms with Gasteiger partial charge >= 0.3 is 0 Å². The lowest BCUT2D eigenvalue weighted by molar-refractivity contribution is 1.20. The maximum Gasteiger partial charge on any atom is 0.252 e. The van der Waals surface area contributed by atoms with E-state index in [-0.39, 0.29) is 6.71 Å². The summed E-state index contributed by atoms with van der Waals surface area (Å²) in [5, 5.41) is 4.67. The predicted octanol–water partition coefficient (Wildman–Crippen LogP) is 11.4. The summed E-state index contributed by atoms with van der Waals surface area (Å²) in [6.07, 6.45) is 3.88. The highest BCUT2D eigenvalue weighted by Gasteiger charge is 2.44. The largest absolute Gasteiger partial charge is 0.311 e. The molecule has 0 radical (unpaired) electrons. The molecule has 2 aromatic heterocycles. The monoisotopic (exact) mass is 730 g/mol. The van der Waals surface area contributed by atoms with Crippen LogP contribution in [0, 0.1) is 27.7 Å². The summed E-state index contributed by atoms with van der Waals surface area (Å²) in [6, 6.07) is 55.6. The van der Waals surface area contributed by atoms with Gasteiger partial charge in [0.1, 0.15) is 0 Å². The first kappa shape index (κ1) is 33.4. The highest BCUT2D eigenvalue weighted by molar-refractivity contribution is 7.00. The van der Waals surface area contributed by atoms with Crippen LogP contribution in [0.3, 0.4) is 0 Å². The molecule has 0 bridgehead atoms. The first-order chi connectivity index (χ1) is 28.0. The second-order valence-corrected chi connectivity index (χ2v) is 15.6. The van der Waals surface area contributed by atoms with Crippen molar-refractivity contribution >= 4 is 78.8 Å². The number of hydrogen-bond acceptors (Lipinski definition) is 4. The fourth-order valence-corrected chi connectivity index (χ4v) is 9.74. The molecule has 0 fully saturated rings. The molecule has 57 heavy (non-hydrogen) atoms. The molecular formula is C52H39BN4. The van der Waals surface area contributed by atoms with E-state index < -0.39 is 0 Å². The summed E-state index contributed by atoms with van der Waals surface area (Å²) in [4.78, 5) is 15.1. The SMILES string of the molecule is Cc1cccc(C)c1N1c2ccc(-c3nccc4ccccc34)cc2B2c3cc(-c4nccc5ccccc45)ccc3N(c3c(C)cccc3C)c3cccc1c32. The molecule has 0 amide bonds. The highest BCUT2D eigenvalue weighted by Crippen LogP contribution is 2.47. The minimum absolute atomic E-state index is 0.0628. The van der Waals surface area contributed by atoms with Gasteiger partial charge in [-0.15, -0.1) is 0 Å². The first-order valence-corrected chi connectivity index (χ1v) is 19.8. The summed E-state index contributed by atoms with van der Waals surface area (Å²) in [5.74, 6) is 0. The van der Waals surface area contributed by atoms with Crippen molar-refractivity contribution in [3.05, 3.63) is 186 Å². The maximum absolute atomic E-state index is 5.03. The molecule has 9 aromatic rings. The van der Waals surface area contributed by atoms with Crippen molar-refractivity contribution in [3.8, 4) is 22.5 Å². The number of nitrogens with zero attached hydrogens (tertiary/aromatic N) is 4. The number of benzene rings is 7. The molecule has 0 aliphatic carbocycles. The molecule has 2 aliphatic heterocycles. The molecule has 5 heteroatoms. The van der Waals surface area contributed by atoms with Crippen molar-refractivity contribution in [2.24, 2.45) is 0 Å². The molecule has 0 unspecified atom stereocenters. The Hall–Kier alpha value is -6.98. The smallest absolute Gasteiger partial charge is 0.252 e. The van der Waals surface area contributed by atoms with Crippen LogP contribution < -0.4 is 26.2 Å². The molecule has 4 nitrogen and oxygen atoms in total. The summed E-state index contributed by atoms with van der Waals surface area (Å²) >= 11 is 0. The van der Waals surface area contributed by atoms with E-state index in [0.29, 0.717) is 0 Å². The first-order valence-electron chi connectivity index (χ1n) is 19.8. The lowest BCUT2D eigenvalue weighted by atomic mass is 9.33. The van der Waals surface area contributed by atoms with Gasteiger partial charge in [-0.25, -0.2) is 0 Å². The summed E-state index contributed by atoms with van der Waals surface area (Å²) in [6.45, 7) is 8.88. The van der Waals surface area contributed by atoms with E-state index in [4.69, 9.17) is 9.97 Å². The van der Waals surface area contributed by atoms with Crippen LogP contribution in [0.5, 0.6) is 0 Å². The Bertz CT molecular complexity index is 2860. The summed E-state index contributed by atoms with van der Waals surface area (Å²) in [7, 11) is 0. The number of rotatable bonds is 4. The van der Waals surface area contributed by atoms with Gasteiger partial charge in [0.15, 0.2) is 0 Å². The second-order valence-electron chi connectivity index (χ2n) is 15.6. The Kier molecular flexibility index (Phi) is 7.49. The van der Waals surface area contributed by atoms with Gasteiger partial charge in [-0.1, -0.05) is 115 Å². The number of aromatic nitrogens is 2. The molecule has 0 saturated heterocycles. The Morgan fingerprint density at radius 1 is 0.404 bits per heavy atom. The van der Waals surface area contributed by atoms with Crippen LogP contribution in [0.1, 0.15) is 22.3 Å². The normalized spacial score (nSPS) is 12.8. The van der Waals surface area contributed by atoms with Crippen molar-refractivity contribution in [1.29, 1.82) is 0 Å². The lowest BCUT2D eigenvalue weighted by Crippen LogP contribution is -2.61.